The molecular weight excluding hydrogens is 277 g/mol. The van der Waals surface area contributed by atoms with Crippen molar-refractivity contribution in [3.05, 3.63) is 22.3 Å². The molecule has 1 rings (SSSR count). The first-order valence-electron chi connectivity index (χ1n) is 5.39. The van der Waals surface area contributed by atoms with Gasteiger partial charge in [0, 0.05) is 19.9 Å². The van der Waals surface area contributed by atoms with Gasteiger partial charge in [0.1, 0.15) is 11.9 Å². The van der Waals surface area contributed by atoms with E-state index in [9.17, 15) is 4.79 Å². The molecule has 0 aromatic carbocycles. The summed E-state index contributed by atoms with van der Waals surface area (Å²) in [5.41, 5.74) is 0. The highest BCUT2D eigenvalue weighted by molar-refractivity contribution is 6.36. The van der Waals surface area contributed by atoms with Gasteiger partial charge >= 0.3 is 0 Å². The third-order valence-corrected chi connectivity index (χ3v) is 2.65. The van der Waals surface area contributed by atoms with Gasteiger partial charge in [-0.15, -0.1) is 0 Å². The number of nitrogens with zero attached hydrogens (tertiary/aromatic N) is 1. The number of hydrogen-bond acceptors (Lipinski definition) is 4. The molecule has 1 aromatic heterocycles. The Hall–Kier alpha value is -1.04. The number of aromatic nitrogens is 1. The Morgan fingerprint density at radius 2 is 2.28 bits per heavy atom. The topological polar surface area (TPSA) is 63.2 Å². The van der Waals surface area contributed by atoms with Crippen molar-refractivity contribution in [3.8, 4) is 0 Å². The monoisotopic (exact) mass is 291 g/mol. The maximum Gasteiger partial charge on any atom is 0.242 e. The van der Waals surface area contributed by atoms with Gasteiger partial charge in [-0.25, -0.2) is 4.98 Å². The second-order valence-corrected chi connectivity index (χ2v) is 4.48. The lowest BCUT2D eigenvalue weighted by Gasteiger charge is -2.15. The first-order valence-corrected chi connectivity index (χ1v) is 6.14. The van der Waals surface area contributed by atoms with E-state index in [0.29, 0.717) is 29.0 Å². The summed E-state index contributed by atoms with van der Waals surface area (Å²) in [6.45, 7) is 2.65. The molecule has 1 aromatic rings. The quantitative estimate of drug-likeness (QED) is 0.787. The van der Waals surface area contributed by atoms with E-state index >= 15 is 0 Å². The van der Waals surface area contributed by atoms with Crippen molar-refractivity contribution < 1.29 is 9.53 Å². The van der Waals surface area contributed by atoms with E-state index < -0.39 is 6.04 Å². The molecule has 0 radical (unpaired) electrons. The average molecular weight is 292 g/mol. The summed E-state index contributed by atoms with van der Waals surface area (Å²) in [4.78, 5) is 15.7. The molecule has 0 saturated heterocycles. The maximum absolute atomic E-state index is 11.7. The van der Waals surface area contributed by atoms with Crippen LogP contribution in [0.3, 0.4) is 0 Å². The zero-order valence-corrected chi connectivity index (χ0v) is 11.7. The average Bonchev–Trinajstić information content (AvgIpc) is 2.32. The molecular formula is C11H15Cl2N3O2. The minimum Gasteiger partial charge on any atom is -0.383 e. The minimum atomic E-state index is -0.451. The van der Waals surface area contributed by atoms with Crippen LogP contribution in [0.2, 0.25) is 10.0 Å². The molecule has 0 aliphatic rings. The first kappa shape index (κ1) is 15.0. The van der Waals surface area contributed by atoms with E-state index in [1.54, 1.807) is 20.1 Å². The first-order chi connectivity index (χ1) is 8.54. The summed E-state index contributed by atoms with van der Waals surface area (Å²) in [7, 11) is 1.57. The van der Waals surface area contributed by atoms with Crippen LogP contribution in [0.5, 0.6) is 0 Å². The molecule has 0 aliphatic heterocycles. The van der Waals surface area contributed by atoms with Crippen LogP contribution in [0.1, 0.15) is 6.92 Å². The Balaban J connectivity index is 2.53. The number of carbonyl (C=O) groups excluding carboxylic acids is 1. The van der Waals surface area contributed by atoms with Gasteiger partial charge in [0.05, 0.1) is 16.7 Å². The molecule has 5 nitrogen and oxygen atoms in total. The normalized spacial score (nSPS) is 12.0. The molecule has 18 heavy (non-hydrogen) atoms. The third kappa shape index (κ3) is 4.68. The van der Waals surface area contributed by atoms with Crippen LogP contribution in [-0.4, -0.2) is 37.2 Å². The molecule has 1 unspecified atom stereocenters. The summed E-state index contributed by atoms with van der Waals surface area (Å²) in [6.07, 6.45) is 1.46. The minimum absolute atomic E-state index is 0.153. The van der Waals surface area contributed by atoms with E-state index in [0.717, 1.165) is 0 Å². The number of pyridine rings is 1. The zero-order chi connectivity index (χ0) is 13.5. The Morgan fingerprint density at radius 1 is 1.56 bits per heavy atom. The van der Waals surface area contributed by atoms with Gasteiger partial charge in [0.15, 0.2) is 0 Å². The molecule has 2 N–H and O–H groups in total. The molecule has 1 atom stereocenters. The van der Waals surface area contributed by atoms with Crippen molar-refractivity contribution in [2.45, 2.75) is 13.0 Å². The van der Waals surface area contributed by atoms with Gasteiger partial charge < -0.3 is 15.4 Å². The van der Waals surface area contributed by atoms with Crippen molar-refractivity contribution >= 4 is 34.9 Å². The maximum atomic E-state index is 11.7. The van der Waals surface area contributed by atoms with Crippen LogP contribution in [0, 0.1) is 0 Å². The predicted molar refractivity (Wildman–Crippen MR) is 72.2 cm³/mol. The van der Waals surface area contributed by atoms with Crippen molar-refractivity contribution in [1.82, 2.24) is 10.3 Å². The third-order valence-electron chi connectivity index (χ3n) is 2.16. The highest BCUT2D eigenvalue weighted by Gasteiger charge is 2.14. The lowest BCUT2D eigenvalue weighted by atomic mass is 10.3. The number of hydrogen-bond donors (Lipinski definition) is 2. The summed E-state index contributed by atoms with van der Waals surface area (Å²) in [5.74, 6) is 0.273. The number of carbonyl (C=O) groups is 1. The highest BCUT2D eigenvalue weighted by Crippen LogP contribution is 2.22. The van der Waals surface area contributed by atoms with Crippen molar-refractivity contribution in [2.75, 3.05) is 25.6 Å². The van der Waals surface area contributed by atoms with Crippen LogP contribution in [0.15, 0.2) is 12.3 Å². The summed E-state index contributed by atoms with van der Waals surface area (Å²) in [5, 5.41) is 6.44. The molecule has 1 amide bonds. The fourth-order valence-electron chi connectivity index (χ4n) is 1.22. The lowest BCUT2D eigenvalue weighted by Crippen LogP contribution is -2.39. The SMILES string of the molecule is COCCNC(=O)C(C)Nc1ncc(Cl)cc1Cl. The van der Waals surface area contributed by atoms with Crippen LogP contribution >= 0.6 is 23.2 Å². The van der Waals surface area contributed by atoms with Gasteiger partial charge in [0.25, 0.3) is 0 Å². The van der Waals surface area contributed by atoms with E-state index in [4.69, 9.17) is 27.9 Å². The Bertz CT molecular complexity index is 415. The molecule has 0 saturated carbocycles. The molecule has 100 valence electrons. The van der Waals surface area contributed by atoms with Crippen molar-refractivity contribution in [1.29, 1.82) is 0 Å². The van der Waals surface area contributed by atoms with Gasteiger partial charge in [-0.1, -0.05) is 23.2 Å². The number of amides is 1. The van der Waals surface area contributed by atoms with Gasteiger partial charge in [-0.2, -0.15) is 0 Å². The predicted octanol–water partition coefficient (Wildman–Crippen LogP) is 1.95. The van der Waals surface area contributed by atoms with Crippen LogP contribution in [-0.2, 0) is 9.53 Å². The van der Waals surface area contributed by atoms with E-state index in [1.165, 1.54) is 6.20 Å². The van der Waals surface area contributed by atoms with Crippen LogP contribution in [0.4, 0.5) is 5.82 Å². The van der Waals surface area contributed by atoms with Gasteiger partial charge in [-0.05, 0) is 13.0 Å². The molecule has 0 bridgehead atoms. The fourth-order valence-corrected chi connectivity index (χ4v) is 1.66. The summed E-state index contributed by atoms with van der Waals surface area (Å²) in [6, 6.07) is 1.11. The number of nitrogens with one attached hydrogen (secondary N) is 2. The number of rotatable bonds is 6. The second kappa shape index (κ2) is 7.41. The standard InChI is InChI=1S/C11H15Cl2N3O2/c1-7(11(17)14-3-4-18-2)16-10-9(13)5-8(12)6-15-10/h5-7H,3-4H2,1-2H3,(H,14,17)(H,15,16). The Morgan fingerprint density at radius 3 is 2.89 bits per heavy atom. The smallest absolute Gasteiger partial charge is 0.242 e. The van der Waals surface area contributed by atoms with Crippen molar-refractivity contribution in [2.24, 2.45) is 0 Å². The largest absolute Gasteiger partial charge is 0.383 e. The van der Waals surface area contributed by atoms with Gasteiger partial charge in [0.2, 0.25) is 5.91 Å². The summed E-state index contributed by atoms with van der Waals surface area (Å²) >= 11 is 11.7. The summed E-state index contributed by atoms with van der Waals surface area (Å²) < 4.78 is 4.84. The number of anilines is 1. The second-order valence-electron chi connectivity index (χ2n) is 3.63. The molecule has 0 aliphatic carbocycles. The molecule has 1 heterocycles. The highest BCUT2D eigenvalue weighted by atomic mass is 35.5. The van der Waals surface area contributed by atoms with Crippen molar-refractivity contribution in [3.63, 3.8) is 0 Å². The van der Waals surface area contributed by atoms with Gasteiger partial charge in [-0.3, -0.25) is 4.79 Å². The lowest BCUT2D eigenvalue weighted by molar-refractivity contribution is -0.121. The fraction of sp³-hybridized carbons (Fsp3) is 0.455. The number of ether oxygens (including phenoxy) is 1. The molecule has 7 heteroatoms. The van der Waals surface area contributed by atoms with Crippen LogP contribution < -0.4 is 10.6 Å². The molecule has 0 spiro atoms. The van der Waals surface area contributed by atoms with E-state index in [-0.39, 0.29) is 5.91 Å². The van der Waals surface area contributed by atoms with E-state index in [1.807, 2.05) is 0 Å². The number of halogens is 2. The Labute approximate surface area is 116 Å². The zero-order valence-electron chi connectivity index (χ0n) is 10.2. The van der Waals surface area contributed by atoms with E-state index in [2.05, 4.69) is 15.6 Å². The Kier molecular flexibility index (Phi) is 6.18. The van der Waals surface area contributed by atoms with Crippen LogP contribution in [0.25, 0.3) is 0 Å². The number of methoxy groups -OCH3 is 1. The molecule has 0 fully saturated rings.